The molecule has 0 saturated carbocycles. The quantitative estimate of drug-likeness (QED) is 0.785. The second kappa shape index (κ2) is 4.23. The number of hydrogen-bond donors (Lipinski definition) is 0. The van der Waals surface area contributed by atoms with Gasteiger partial charge in [-0.15, -0.1) is 10.2 Å². The van der Waals surface area contributed by atoms with Crippen molar-refractivity contribution >= 4 is 11.6 Å². The van der Waals surface area contributed by atoms with Crippen LogP contribution in [0.15, 0.2) is 30.3 Å². The summed E-state index contributed by atoms with van der Waals surface area (Å²) in [5.41, 5.74) is 0. The standard InChI is InChI=1S/C10H5ClFN2O/c11-9-5-6-10(14-13-9)15-8-4-2-1-3-7(8)12/h1-2,4-6H. The second-order valence-electron chi connectivity index (χ2n) is 2.64. The van der Waals surface area contributed by atoms with Crippen LogP contribution in [-0.2, 0) is 0 Å². The van der Waals surface area contributed by atoms with E-state index in [1.54, 1.807) is 6.07 Å². The molecule has 2 rings (SSSR count). The first-order valence-corrected chi connectivity index (χ1v) is 4.47. The van der Waals surface area contributed by atoms with E-state index in [1.165, 1.54) is 24.3 Å². The topological polar surface area (TPSA) is 35.0 Å². The molecule has 1 radical (unpaired) electrons. The van der Waals surface area contributed by atoms with E-state index in [0.717, 1.165) is 0 Å². The number of ether oxygens (including phenoxy) is 1. The van der Waals surface area contributed by atoms with E-state index in [2.05, 4.69) is 16.3 Å². The van der Waals surface area contributed by atoms with Crippen LogP contribution in [0.4, 0.5) is 4.39 Å². The Hall–Kier alpha value is -1.68. The number of hydrogen-bond acceptors (Lipinski definition) is 3. The van der Waals surface area contributed by atoms with Crippen molar-refractivity contribution in [2.24, 2.45) is 0 Å². The van der Waals surface area contributed by atoms with Crippen molar-refractivity contribution in [2.75, 3.05) is 0 Å². The minimum absolute atomic E-state index is 0.0501. The molecule has 1 heterocycles. The Kier molecular flexibility index (Phi) is 2.78. The molecular weight excluding hydrogens is 219 g/mol. The molecule has 15 heavy (non-hydrogen) atoms. The summed E-state index contributed by atoms with van der Waals surface area (Å²) >= 11 is 5.54. The van der Waals surface area contributed by atoms with Crippen molar-refractivity contribution in [3.63, 3.8) is 0 Å². The maximum atomic E-state index is 13.1. The van der Waals surface area contributed by atoms with Crippen LogP contribution < -0.4 is 4.74 Å². The van der Waals surface area contributed by atoms with Crippen molar-refractivity contribution in [3.8, 4) is 11.6 Å². The summed E-state index contributed by atoms with van der Waals surface area (Å²) in [5, 5.41) is 7.44. The third-order valence-electron chi connectivity index (χ3n) is 1.59. The van der Waals surface area contributed by atoms with Gasteiger partial charge in [0, 0.05) is 12.1 Å². The average Bonchev–Trinajstić information content (AvgIpc) is 2.25. The lowest BCUT2D eigenvalue weighted by atomic mass is 10.3. The van der Waals surface area contributed by atoms with Gasteiger partial charge in [-0.05, 0) is 12.1 Å². The monoisotopic (exact) mass is 223 g/mol. The number of rotatable bonds is 2. The Morgan fingerprint density at radius 3 is 2.80 bits per heavy atom. The molecule has 3 nitrogen and oxygen atoms in total. The highest BCUT2D eigenvalue weighted by Crippen LogP contribution is 2.21. The van der Waals surface area contributed by atoms with Crippen molar-refractivity contribution in [1.29, 1.82) is 0 Å². The molecule has 1 aromatic carbocycles. The van der Waals surface area contributed by atoms with Gasteiger partial charge in [-0.1, -0.05) is 23.7 Å². The van der Waals surface area contributed by atoms with Crippen LogP contribution in [0.25, 0.3) is 0 Å². The van der Waals surface area contributed by atoms with Gasteiger partial charge in [-0.2, -0.15) is 0 Å². The molecule has 0 bridgehead atoms. The molecule has 0 aliphatic heterocycles. The summed E-state index contributed by atoms with van der Waals surface area (Å²) in [4.78, 5) is 0. The molecule has 75 valence electrons. The Morgan fingerprint density at radius 2 is 2.13 bits per heavy atom. The number of halogens is 2. The van der Waals surface area contributed by atoms with Crippen molar-refractivity contribution in [1.82, 2.24) is 10.2 Å². The molecule has 0 unspecified atom stereocenters. The highest BCUT2D eigenvalue weighted by atomic mass is 35.5. The molecule has 0 amide bonds. The second-order valence-corrected chi connectivity index (χ2v) is 3.03. The van der Waals surface area contributed by atoms with Crippen LogP contribution in [-0.4, -0.2) is 10.2 Å². The molecule has 0 aliphatic carbocycles. The smallest absolute Gasteiger partial charge is 0.239 e. The Balaban J connectivity index is 2.22. The Bertz CT molecular complexity index is 461. The summed E-state index contributed by atoms with van der Waals surface area (Å²) in [6.45, 7) is 0. The minimum atomic E-state index is -0.575. The molecule has 0 spiro atoms. The fourth-order valence-corrected chi connectivity index (χ4v) is 1.05. The lowest BCUT2D eigenvalue weighted by Crippen LogP contribution is -1.92. The maximum Gasteiger partial charge on any atom is 0.239 e. The summed E-state index contributed by atoms with van der Waals surface area (Å²) < 4.78 is 18.2. The third kappa shape index (κ3) is 2.41. The van der Waals surface area contributed by atoms with Gasteiger partial charge < -0.3 is 4.74 Å². The summed E-state index contributed by atoms with van der Waals surface area (Å²) in [6.07, 6.45) is 0. The molecule has 0 aliphatic rings. The lowest BCUT2D eigenvalue weighted by Gasteiger charge is -2.03. The van der Waals surface area contributed by atoms with Crippen molar-refractivity contribution in [2.45, 2.75) is 0 Å². The van der Waals surface area contributed by atoms with Crippen LogP contribution in [0, 0.1) is 11.9 Å². The van der Waals surface area contributed by atoms with Gasteiger partial charge in [-0.3, -0.25) is 0 Å². The van der Waals surface area contributed by atoms with E-state index < -0.39 is 5.82 Å². The van der Waals surface area contributed by atoms with Crippen molar-refractivity contribution in [3.05, 3.63) is 47.4 Å². The van der Waals surface area contributed by atoms with Crippen molar-refractivity contribution < 1.29 is 9.13 Å². The third-order valence-corrected chi connectivity index (χ3v) is 1.79. The van der Waals surface area contributed by atoms with E-state index in [1.807, 2.05) is 0 Å². The first-order valence-electron chi connectivity index (χ1n) is 4.09. The number of aromatic nitrogens is 2. The van der Waals surface area contributed by atoms with Crippen LogP contribution in [0.2, 0.25) is 5.15 Å². The van der Waals surface area contributed by atoms with Gasteiger partial charge in [0.15, 0.2) is 16.7 Å². The largest absolute Gasteiger partial charge is 0.434 e. The zero-order valence-corrected chi connectivity index (χ0v) is 8.20. The molecule has 0 atom stereocenters. The predicted molar refractivity (Wildman–Crippen MR) is 52.4 cm³/mol. The molecule has 0 saturated heterocycles. The Morgan fingerprint density at radius 1 is 1.27 bits per heavy atom. The zero-order chi connectivity index (χ0) is 10.7. The normalized spacial score (nSPS) is 10.0. The van der Waals surface area contributed by atoms with E-state index in [4.69, 9.17) is 16.3 Å². The molecule has 2 aromatic rings. The van der Waals surface area contributed by atoms with Gasteiger partial charge in [0.25, 0.3) is 0 Å². The van der Waals surface area contributed by atoms with Gasteiger partial charge in [0.05, 0.1) is 0 Å². The molecule has 1 aromatic heterocycles. The highest BCUT2D eigenvalue weighted by Gasteiger charge is 2.04. The van der Waals surface area contributed by atoms with Crippen LogP contribution in [0.1, 0.15) is 0 Å². The van der Waals surface area contributed by atoms with Gasteiger partial charge in [0.1, 0.15) is 0 Å². The number of nitrogens with zero attached hydrogens (tertiary/aromatic N) is 2. The number of benzene rings is 1. The summed E-state index contributed by atoms with van der Waals surface area (Å²) in [6, 6.07) is 9.92. The SMILES string of the molecule is Fc1[c]cccc1Oc1ccc(Cl)nn1. The zero-order valence-electron chi connectivity index (χ0n) is 7.45. The minimum Gasteiger partial charge on any atom is -0.434 e. The van der Waals surface area contributed by atoms with Crippen LogP contribution in [0.5, 0.6) is 11.6 Å². The highest BCUT2D eigenvalue weighted by molar-refractivity contribution is 6.29. The van der Waals surface area contributed by atoms with E-state index >= 15 is 0 Å². The average molecular weight is 224 g/mol. The van der Waals surface area contributed by atoms with Crippen LogP contribution >= 0.6 is 11.6 Å². The predicted octanol–water partition coefficient (Wildman–Crippen LogP) is 2.86. The first-order chi connectivity index (χ1) is 7.25. The molecular formula is C10H5ClFN2O. The van der Waals surface area contributed by atoms with E-state index in [-0.39, 0.29) is 16.8 Å². The van der Waals surface area contributed by atoms with Gasteiger partial charge in [-0.25, -0.2) is 4.39 Å². The summed E-state index contributed by atoms with van der Waals surface area (Å²) in [7, 11) is 0. The lowest BCUT2D eigenvalue weighted by molar-refractivity contribution is 0.421. The van der Waals surface area contributed by atoms with E-state index in [9.17, 15) is 4.39 Å². The maximum absolute atomic E-state index is 13.1. The Labute approximate surface area is 90.5 Å². The first kappa shape index (κ1) is 9.86. The van der Waals surface area contributed by atoms with Gasteiger partial charge >= 0.3 is 0 Å². The summed E-state index contributed by atoms with van der Waals surface area (Å²) in [5.74, 6) is -0.346. The fraction of sp³-hybridized carbons (Fsp3) is 0. The molecule has 0 fully saturated rings. The van der Waals surface area contributed by atoms with Crippen LogP contribution in [0.3, 0.4) is 0 Å². The van der Waals surface area contributed by atoms with E-state index in [0.29, 0.717) is 0 Å². The fourth-order valence-electron chi connectivity index (χ4n) is 0.951. The van der Waals surface area contributed by atoms with Gasteiger partial charge in [0.2, 0.25) is 5.88 Å². The molecule has 0 N–H and O–H groups in total. The molecule has 5 heteroatoms.